The van der Waals surface area contributed by atoms with E-state index in [-0.39, 0.29) is 22.1 Å². The number of rotatable bonds is 6. The average Bonchev–Trinajstić information content (AvgIpc) is 3.21. The molecule has 0 atom stereocenters. The van der Waals surface area contributed by atoms with Gasteiger partial charge in [-0.1, -0.05) is 12.1 Å². The molecule has 0 unspecified atom stereocenters. The molecule has 0 saturated carbocycles. The zero-order valence-electron chi connectivity index (χ0n) is 16.9. The van der Waals surface area contributed by atoms with E-state index in [1.807, 2.05) is 0 Å². The topological polar surface area (TPSA) is 95.6 Å². The molecule has 32 heavy (non-hydrogen) atoms. The van der Waals surface area contributed by atoms with Gasteiger partial charge in [-0.2, -0.15) is 0 Å². The molecule has 164 valence electrons. The Morgan fingerprint density at radius 2 is 1.62 bits per heavy atom. The molecule has 2 N–H and O–H groups in total. The van der Waals surface area contributed by atoms with E-state index in [1.165, 1.54) is 48.5 Å². The van der Waals surface area contributed by atoms with Crippen LogP contribution in [0.25, 0.3) is 0 Å². The summed E-state index contributed by atoms with van der Waals surface area (Å²) in [5.74, 6) is -0.964. The third kappa shape index (κ3) is 4.62. The van der Waals surface area contributed by atoms with Crippen molar-refractivity contribution in [2.45, 2.75) is 17.7 Å². The lowest BCUT2D eigenvalue weighted by Crippen LogP contribution is -2.23. The second-order valence-electron chi connectivity index (χ2n) is 7.25. The molecule has 0 aromatic heterocycles. The maximum atomic E-state index is 13.1. The van der Waals surface area contributed by atoms with Gasteiger partial charge in [0.15, 0.2) is 0 Å². The Morgan fingerprint density at radius 3 is 2.28 bits per heavy atom. The Labute approximate surface area is 184 Å². The number of carbonyl (C=O) groups excluding carboxylic acids is 2. The van der Waals surface area contributed by atoms with Crippen LogP contribution in [0.15, 0.2) is 77.7 Å². The van der Waals surface area contributed by atoms with E-state index in [0.29, 0.717) is 24.3 Å². The smallest absolute Gasteiger partial charge is 0.261 e. The van der Waals surface area contributed by atoms with Crippen LogP contribution >= 0.6 is 0 Å². The summed E-state index contributed by atoms with van der Waals surface area (Å²) >= 11 is 0. The fourth-order valence-corrected chi connectivity index (χ4v) is 4.51. The van der Waals surface area contributed by atoms with Crippen LogP contribution in [0.3, 0.4) is 0 Å². The number of benzene rings is 3. The van der Waals surface area contributed by atoms with Gasteiger partial charge in [0.2, 0.25) is 5.91 Å². The molecule has 3 aromatic rings. The van der Waals surface area contributed by atoms with Crippen LogP contribution in [-0.2, 0) is 14.8 Å². The summed E-state index contributed by atoms with van der Waals surface area (Å²) in [6.07, 6.45) is 1.26. The highest BCUT2D eigenvalue weighted by molar-refractivity contribution is 7.92. The van der Waals surface area contributed by atoms with Gasteiger partial charge >= 0.3 is 0 Å². The first kappa shape index (κ1) is 21.5. The fraction of sp³-hybridized carbons (Fsp3) is 0.130. The van der Waals surface area contributed by atoms with Crippen molar-refractivity contribution in [1.82, 2.24) is 0 Å². The lowest BCUT2D eigenvalue weighted by Gasteiger charge is -2.16. The number of nitrogens with one attached hydrogen (secondary N) is 2. The number of nitrogens with zero attached hydrogens (tertiary/aromatic N) is 1. The quantitative estimate of drug-likeness (QED) is 0.590. The zero-order valence-corrected chi connectivity index (χ0v) is 17.7. The number of para-hydroxylation sites is 1. The molecule has 9 heteroatoms. The van der Waals surface area contributed by atoms with Crippen molar-refractivity contribution in [1.29, 1.82) is 0 Å². The lowest BCUT2D eigenvalue weighted by molar-refractivity contribution is -0.117. The van der Waals surface area contributed by atoms with Crippen LogP contribution in [0.5, 0.6) is 0 Å². The molecule has 0 spiro atoms. The number of hydrogen-bond donors (Lipinski definition) is 2. The van der Waals surface area contributed by atoms with Crippen molar-refractivity contribution in [2.24, 2.45) is 0 Å². The maximum Gasteiger partial charge on any atom is 0.261 e. The Kier molecular flexibility index (Phi) is 5.91. The van der Waals surface area contributed by atoms with Crippen LogP contribution in [0.1, 0.15) is 23.2 Å². The Hall–Kier alpha value is -3.72. The van der Waals surface area contributed by atoms with Gasteiger partial charge in [-0.05, 0) is 67.1 Å². The minimum atomic E-state index is -3.98. The van der Waals surface area contributed by atoms with Crippen molar-refractivity contribution < 1.29 is 22.4 Å². The van der Waals surface area contributed by atoms with Crippen molar-refractivity contribution in [3.8, 4) is 0 Å². The zero-order chi connectivity index (χ0) is 22.7. The summed E-state index contributed by atoms with van der Waals surface area (Å²) in [7, 11) is -3.98. The van der Waals surface area contributed by atoms with Crippen molar-refractivity contribution in [3.05, 3.63) is 84.2 Å². The van der Waals surface area contributed by atoms with Gasteiger partial charge in [-0.15, -0.1) is 0 Å². The third-order valence-corrected chi connectivity index (χ3v) is 6.43. The van der Waals surface area contributed by atoms with Crippen LogP contribution in [0, 0.1) is 5.82 Å². The molecule has 7 nitrogen and oxygen atoms in total. The standard InChI is InChI=1S/C23H20FN3O4S/c24-16-7-9-17(10-8-16)25-23(29)20-4-1-2-5-21(20)26-32(30,31)19-13-11-18(12-14-19)27-15-3-6-22(27)28/h1-2,4-5,7-14,26H,3,6,15H2,(H,25,29). The number of hydrogen-bond acceptors (Lipinski definition) is 4. The summed E-state index contributed by atoms with van der Waals surface area (Å²) < 4.78 is 41.3. The summed E-state index contributed by atoms with van der Waals surface area (Å²) in [4.78, 5) is 26.2. The molecule has 3 aromatic carbocycles. The molecular formula is C23H20FN3O4S. The summed E-state index contributed by atoms with van der Waals surface area (Å²) in [5, 5.41) is 2.62. The number of sulfonamides is 1. The molecule has 4 rings (SSSR count). The van der Waals surface area contributed by atoms with Crippen molar-refractivity contribution in [2.75, 3.05) is 21.5 Å². The molecule has 1 saturated heterocycles. The van der Waals surface area contributed by atoms with Crippen LogP contribution in [0.4, 0.5) is 21.5 Å². The molecule has 1 heterocycles. The summed E-state index contributed by atoms with van der Waals surface area (Å²) in [6, 6.07) is 17.4. The number of halogens is 1. The van der Waals surface area contributed by atoms with Gasteiger partial charge in [0.05, 0.1) is 16.1 Å². The van der Waals surface area contributed by atoms with Gasteiger partial charge in [0.1, 0.15) is 5.82 Å². The number of amides is 2. The predicted octanol–water partition coefficient (Wildman–Crippen LogP) is 4.01. The van der Waals surface area contributed by atoms with Crippen molar-refractivity contribution >= 4 is 38.9 Å². The highest BCUT2D eigenvalue weighted by Gasteiger charge is 2.23. The minimum absolute atomic E-state index is 0.00152. The second kappa shape index (κ2) is 8.80. The largest absolute Gasteiger partial charge is 0.322 e. The fourth-order valence-electron chi connectivity index (χ4n) is 3.43. The first-order chi connectivity index (χ1) is 15.3. The van der Waals surface area contributed by atoms with Gasteiger partial charge < -0.3 is 10.2 Å². The van der Waals surface area contributed by atoms with E-state index in [4.69, 9.17) is 0 Å². The monoisotopic (exact) mass is 453 g/mol. The molecular weight excluding hydrogens is 433 g/mol. The van der Waals surface area contributed by atoms with E-state index in [2.05, 4.69) is 10.0 Å². The second-order valence-corrected chi connectivity index (χ2v) is 8.94. The molecule has 1 fully saturated rings. The van der Waals surface area contributed by atoms with Gasteiger partial charge in [-0.25, -0.2) is 12.8 Å². The number of anilines is 3. The van der Waals surface area contributed by atoms with E-state index in [1.54, 1.807) is 29.2 Å². The Bertz CT molecular complexity index is 1260. The highest BCUT2D eigenvalue weighted by atomic mass is 32.2. The van der Waals surface area contributed by atoms with E-state index < -0.39 is 21.7 Å². The summed E-state index contributed by atoms with van der Waals surface area (Å²) in [5.41, 5.74) is 1.23. The molecule has 0 aliphatic carbocycles. The van der Waals surface area contributed by atoms with Crippen LogP contribution in [-0.4, -0.2) is 26.8 Å². The molecule has 0 radical (unpaired) electrons. The molecule has 1 aliphatic rings. The van der Waals surface area contributed by atoms with Crippen LogP contribution in [0.2, 0.25) is 0 Å². The third-order valence-electron chi connectivity index (χ3n) is 5.05. The van der Waals surface area contributed by atoms with E-state index in [9.17, 15) is 22.4 Å². The number of carbonyl (C=O) groups is 2. The van der Waals surface area contributed by atoms with E-state index in [0.717, 1.165) is 6.42 Å². The molecule has 2 amide bonds. The average molecular weight is 453 g/mol. The maximum absolute atomic E-state index is 13.1. The first-order valence-corrected chi connectivity index (χ1v) is 11.4. The molecule has 1 aliphatic heterocycles. The first-order valence-electron chi connectivity index (χ1n) is 9.93. The molecule has 0 bridgehead atoms. The predicted molar refractivity (Wildman–Crippen MR) is 120 cm³/mol. The lowest BCUT2D eigenvalue weighted by atomic mass is 10.1. The highest BCUT2D eigenvalue weighted by Crippen LogP contribution is 2.25. The normalized spacial score (nSPS) is 13.8. The SMILES string of the molecule is O=C(Nc1ccc(F)cc1)c1ccccc1NS(=O)(=O)c1ccc(N2CCCC2=O)cc1. The Morgan fingerprint density at radius 1 is 0.938 bits per heavy atom. The van der Waals surface area contributed by atoms with Gasteiger partial charge in [0.25, 0.3) is 15.9 Å². The van der Waals surface area contributed by atoms with E-state index >= 15 is 0 Å². The summed E-state index contributed by atoms with van der Waals surface area (Å²) in [6.45, 7) is 0.611. The Balaban J connectivity index is 1.54. The van der Waals surface area contributed by atoms with Crippen LogP contribution < -0.4 is 14.9 Å². The minimum Gasteiger partial charge on any atom is -0.322 e. The van der Waals surface area contributed by atoms with Gasteiger partial charge in [-0.3, -0.25) is 14.3 Å². The van der Waals surface area contributed by atoms with Crippen molar-refractivity contribution in [3.63, 3.8) is 0 Å². The van der Waals surface area contributed by atoms with Gasteiger partial charge in [0, 0.05) is 24.3 Å².